The molecule has 1 aromatic rings. The molecule has 0 heterocycles. The third-order valence-corrected chi connectivity index (χ3v) is 4.47. The van der Waals surface area contributed by atoms with Crippen LogP contribution < -0.4 is 4.90 Å². The predicted octanol–water partition coefficient (Wildman–Crippen LogP) is 5.19. The quantitative estimate of drug-likeness (QED) is 0.672. The molecule has 2 unspecified atom stereocenters. The summed E-state index contributed by atoms with van der Waals surface area (Å²) in [6.45, 7) is 4.50. The summed E-state index contributed by atoms with van der Waals surface area (Å²) in [4.78, 5) is 14.2. The van der Waals surface area contributed by atoms with Crippen molar-refractivity contribution in [2.24, 2.45) is 0 Å². The lowest BCUT2D eigenvalue weighted by Gasteiger charge is -2.33. The van der Waals surface area contributed by atoms with E-state index in [1.54, 1.807) is 11.0 Å². The highest BCUT2D eigenvalue weighted by molar-refractivity contribution is 5.94. The number of benzene rings is 1. The Hall–Kier alpha value is -1.56. The molecule has 2 atom stereocenters. The van der Waals surface area contributed by atoms with E-state index < -0.39 is 11.7 Å². The lowest BCUT2D eigenvalue weighted by molar-refractivity contribution is -0.137. The van der Waals surface area contributed by atoms with Crippen LogP contribution in [0.1, 0.15) is 57.9 Å². The van der Waals surface area contributed by atoms with Crippen molar-refractivity contribution in [1.29, 1.82) is 0 Å². The number of nitrogens with zero attached hydrogens (tertiary/aromatic N) is 1. The van der Waals surface area contributed by atoms with Crippen LogP contribution in [0.3, 0.4) is 0 Å². The molecule has 6 heteroatoms. The number of amides is 1. The molecule has 140 valence electrons. The summed E-state index contributed by atoms with van der Waals surface area (Å²) < 4.78 is 45.1. The number of ether oxygens (including phenoxy) is 1. The van der Waals surface area contributed by atoms with E-state index in [0.717, 1.165) is 37.8 Å². The van der Waals surface area contributed by atoms with E-state index in [2.05, 4.69) is 0 Å². The summed E-state index contributed by atoms with van der Waals surface area (Å²) in [5, 5.41) is 0. The van der Waals surface area contributed by atoms with Crippen LogP contribution in [0.25, 0.3) is 0 Å². The van der Waals surface area contributed by atoms with Crippen LogP contribution in [0, 0.1) is 0 Å². The van der Waals surface area contributed by atoms with Gasteiger partial charge in [-0.3, -0.25) is 4.79 Å². The lowest BCUT2D eigenvalue weighted by Crippen LogP contribution is -2.45. The van der Waals surface area contributed by atoms with Crippen molar-refractivity contribution in [3.8, 4) is 0 Å². The van der Waals surface area contributed by atoms with Gasteiger partial charge >= 0.3 is 6.18 Å². The number of carbonyl (C=O) groups excluding carboxylic acids is 1. The van der Waals surface area contributed by atoms with Crippen molar-refractivity contribution in [2.45, 2.75) is 70.7 Å². The molecular formula is C19H26F3NO2. The van der Waals surface area contributed by atoms with Crippen molar-refractivity contribution < 1.29 is 22.7 Å². The molecule has 1 aromatic carbocycles. The van der Waals surface area contributed by atoms with Crippen LogP contribution in [0.15, 0.2) is 24.3 Å². The minimum Gasteiger partial charge on any atom is -0.376 e. The maximum absolute atomic E-state index is 13.1. The summed E-state index contributed by atoms with van der Waals surface area (Å²) in [6, 6.07) is 4.85. The Labute approximate surface area is 147 Å². The van der Waals surface area contributed by atoms with E-state index in [4.69, 9.17) is 4.74 Å². The molecule has 0 aromatic heterocycles. The molecule has 25 heavy (non-hydrogen) atoms. The van der Waals surface area contributed by atoms with E-state index >= 15 is 0 Å². The molecule has 0 saturated heterocycles. The standard InChI is InChI=1S/C19H26F3NO2/c1-3-7-18(24)23(16-10-6-11-17(16)25-12-4-2)15-9-5-8-14(13-15)19(20,21)22/h5,8-9,13,16-17H,3-4,6-7,10-12H2,1-2H3. The van der Waals surface area contributed by atoms with E-state index in [1.807, 2.05) is 13.8 Å². The van der Waals surface area contributed by atoms with Crippen molar-refractivity contribution >= 4 is 11.6 Å². The smallest absolute Gasteiger partial charge is 0.376 e. The molecule has 1 saturated carbocycles. The second-order valence-corrected chi connectivity index (χ2v) is 6.47. The molecule has 1 amide bonds. The first kappa shape index (κ1) is 19.8. The van der Waals surface area contributed by atoms with E-state index in [1.165, 1.54) is 6.07 Å². The van der Waals surface area contributed by atoms with Gasteiger partial charge in [-0.15, -0.1) is 0 Å². The molecule has 3 nitrogen and oxygen atoms in total. The Bertz CT molecular complexity index is 574. The molecule has 1 fully saturated rings. The Balaban J connectivity index is 2.35. The number of anilines is 1. The lowest BCUT2D eigenvalue weighted by atomic mass is 10.1. The molecule has 0 spiro atoms. The molecule has 0 N–H and O–H groups in total. The minimum atomic E-state index is -4.43. The van der Waals surface area contributed by atoms with Crippen LogP contribution in [-0.4, -0.2) is 24.7 Å². The molecule has 1 aliphatic rings. The largest absolute Gasteiger partial charge is 0.416 e. The highest BCUT2D eigenvalue weighted by Crippen LogP contribution is 2.35. The van der Waals surface area contributed by atoms with Gasteiger partial charge in [-0.1, -0.05) is 19.9 Å². The highest BCUT2D eigenvalue weighted by Gasteiger charge is 2.37. The zero-order valence-electron chi connectivity index (χ0n) is 14.8. The topological polar surface area (TPSA) is 29.5 Å². The van der Waals surface area contributed by atoms with Gasteiger partial charge in [0, 0.05) is 18.7 Å². The Kier molecular flexibility index (Phi) is 6.87. The number of halogens is 3. The Morgan fingerprint density at radius 1 is 1.24 bits per heavy atom. The van der Waals surface area contributed by atoms with Gasteiger partial charge in [0.15, 0.2) is 0 Å². The van der Waals surface area contributed by atoms with Crippen molar-refractivity contribution in [3.05, 3.63) is 29.8 Å². The minimum absolute atomic E-state index is 0.115. The predicted molar refractivity (Wildman–Crippen MR) is 91.5 cm³/mol. The van der Waals surface area contributed by atoms with E-state index in [0.29, 0.717) is 25.1 Å². The number of hydrogen-bond acceptors (Lipinski definition) is 2. The second-order valence-electron chi connectivity index (χ2n) is 6.47. The molecule has 0 aliphatic heterocycles. The van der Waals surface area contributed by atoms with Gasteiger partial charge < -0.3 is 9.64 Å². The zero-order chi connectivity index (χ0) is 18.4. The van der Waals surface area contributed by atoms with Crippen LogP contribution in [0.4, 0.5) is 18.9 Å². The summed E-state index contributed by atoms with van der Waals surface area (Å²) in [6.07, 6.45) is -0.211. The van der Waals surface area contributed by atoms with Gasteiger partial charge in [0.2, 0.25) is 5.91 Å². The highest BCUT2D eigenvalue weighted by atomic mass is 19.4. The normalized spacial score (nSPS) is 20.7. The first-order chi connectivity index (χ1) is 11.9. The number of rotatable bonds is 7. The monoisotopic (exact) mass is 357 g/mol. The first-order valence-electron chi connectivity index (χ1n) is 8.99. The summed E-state index contributed by atoms with van der Waals surface area (Å²) in [5.74, 6) is -0.140. The van der Waals surface area contributed by atoms with E-state index in [9.17, 15) is 18.0 Å². The SMILES string of the molecule is CCCOC1CCCC1N(C(=O)CCC)c1cccc(C(F)(F)F)c1. The summed E-state index contributed by atoms with van der Waals surface area (Å²) >= 11 is 0. The van der Waals surface area contributed by atoms with Gasteiger partial charge in [0.1, 0.15) is 0 Å². The first-order valence-corrected chi connectivity index (χ1v) is 8.99. The van der Waals surface area contributed by atoms with Crippen LogP contribution in [0.2, 0.25) is 0 Å². The van der Waals surface area contributed by atoms with Crippen molar-refractivity contribution in [1.82, 2.24) is 0 Å². The second kappa shape index (κ2) is 8.70. The van der Waals surface area contributed by atoms with Gasteiger partial charge in [-0.25, -0.2) is 0 Å². The Morgan fingerprint density at radius 3 is 2.64 bits per heavy atom. The van der Waals surface area contributed by atoms with Crippen molar-refractivity contribution in [3.63, 3.8) is 0 Å². The number of hydrogen-bond donors (Lipinski definition) is 0. The molecule has 0 bridgehead atoms. The molecular weight excluding hydrogens is 331 g/mol. The molecule has 1 aliphatic carbocycles. The van der Waals surface area contributed by atoms with Crippen molar-refractivity contribution in [2.75, 3.05) is 11.5 Å². The fraction of sp³-hybridized carbons (Fsp3) is 0.632. The summed E-state index contributed by atoms with van der Waals surface area (Å²) in [5.41, 5.74) is -0.423. The fourth-order valence-corrected chi connectivity index (χ4v) is 3.35. The maximum atomic E-state index is 13.1. The average Bonchev–Trinajstić information content (AvgIpc) is 3.01. The fourth-order valence-electron chi connectivity index (χ4n) is 3.35. The number of alkyl halides is 3. The molecule has 2 rings (SSSR count). The molecule has 0 radical (unpaired) electrons. The third-order valence-electron chi connectivity index (χ3n) is 4.47. The van der Waals surface area contributed by atoms with E-state index in [-0.39, 0.29) is 18.1 Å². The van der Waals surface area contributed by atoms with Crippen LogP contribution >= 0.6 is 0 Å². The maximum Gasteiger partial charge on any atom is 0.416 e. The zero-order valence-corrected chi connectivity index (χ0v) is 14.8. The summed E-state index contributed by atoms with van der Waals surface area (Å²) in [7, 11) is 0. The van der Waals surface area contributed by atoms with Crippen LogP contribution in [-0.2, 0) is 15.7 Å². The third kappa shape index (κ3) is 4.97. The van der Waals surface area contributed by atoms with Gasteiger partial charge in [-0.2, -0.15) is 13.2 Å². The van der Waals surface area contributed by atoms with Gasteiger partial charge in [0.05, 0.1) is 17.7 Å². The Morgan fingerprint density at radius 2 is 2.00 bits per heavy atom. The number of carbonyl (C=O) groups is 1. The average molecular weight is 357 g/mol. The van der Waals surface area contributed by atoms with Gasteiger partial charge in [-0.05, 0) is 50.3 Å². The van der Waals surface area contributed by atoms with Gasteiger partial charge in [0.25, 0.3) is 0 Å². The van der Waals surface area contributed by atoms with Crippen LogP contribution in [0.5, 0.6) is 0 Å².